The molecule has 0 saturated carbocycles. The van der Waals surface area contributed by atoms with Crippen molar-refractivity contribution in [2.45, 2.75) is 45.3 Å². The van der Waals surface area contributed by atoms with Crippen molar-refractivity contribution in [1.29, 1.82) is 0 Å². The molecule has 1 unspecified atom stereocenters. The molecule has 96 valence electrons. The quantitative estimate of drug-likeness (QED) is 0.812. The van der Waals surface area contributed by atoms with Crippen LogP contribution in [-0.2, 0) is 13.1 Å². The molecule has 0 radical (unpaired) electrons. The molecule has 1 aliphatic heterocycles. The molecule has 0 bridgehead atoms. The van der Waals surface area contributed by atoms with Crippen LogP contribution in [-0.4, -0.2) is 40.6 Å². The van der Waals surface area contributed by atoms with E-state index in [9.17, 15) is 0 Å². The summed E-state index contributed by atoms with van der Waals surface area (Å²) in [5.41, 5.74) is 1.33. The Bertz CT molecular complexity index is 328. The van der Waals surface area contributed by atoms with Gasteiger partial charge in [0.05, 0.1) is 12.0 Å². The molecule has 2 heterocycles. The van der Waals surface area contributed by atoms with Crippen LogP contribution in [0.5, 0.6) is 0 Å². The van der Waals surface area contributed by atoms with Crippen LogP contribution in [0.15, 0.2) is 12.5 Å². The van der Waals surface area contributed by atoms with E-state index in [1.165, 1.54) is 25.1 Å². The van der Waals surface area contributed by atoms with Gasteiger partial charge in [-0.3, -0.25) is 4.90 Å². The van der Waals surface area contributed by atoms with Crippen LogP contribution >= 0.6 is 0 Å². The molecule has 1 saturated heterocycles. The van der Waals surface area contributed by atoms with Crippen molar-refractivity contribution in [3.05, 3.63) is 18.2 Å². The third-order valence-electron chi connectivity index (χ3n) is 3.39. The molecule has 2 rings (SSSR count). The Labute approximate surface area is 104 Å². The first-order valence-corrected chi connectivity index (χ1v) is 6.70. The Hall–Kier alpha value is -0.870. The average molecular weight is 236 g/mol. The van der Waals surface area contributed by atoms with Gasteiger partial charge in [0.25, 0.3) is 0 Å². The summed E-state index contributed by atoms with van der Waals surface area (Å²) < 4.78 is 2.26. The summed E-state index contributed by atoms with van der Waals surface area (Å²) in [6.07, 6.45) is 7.75. The summed E-state index contributed by atoms with van der Waals surface area (Å²) in [5, 5.41) is 3.54. The molecule has 4 nitrogen and oxygen atoms in total. The van der Waals surface area contributed by atoms with Gasteiger partial charge in [-0.2, -0.15) is 0 Å². The van der Waals surface area contributed by atoms with Gasteiger partial charge < -0.3 is 9.88 Å². The Balaban J connectivity index is 1.83. The molecule has 0 spiro atoms. The van der Waals surface area contributed by atoms with Crippen molar-refractivity contribution in [3.63, 3.8) is 0 Å². The van der Waals surface area contributed by atoms with Crippen LogP contribution in [0.1, 0.15) is 31.9 Å². The number of imidazole rings is 1. The highest BCUT2D eigenvalue weighted by Gasteiger charge is 2.16. The summed E-state index contributed by atoms with van der Waals surface area (Å²) >= 11 is 0. The largest absolute Gasteiger partial charge is 0.333 e. The van der Waals surface area contributed by atoms with Crippen molar-refractivity contribution >= 4 is 0 Å². The molecule has 0 aromatic carbocycles. The third kappa shape index (κ3) is 3.54. The zero-order valence-corrected chi connectivity index (χ0v) is 11.0. The second-order valence-electron chi connectivity index (χ2n) is 5.07. The van der Waals surface area contributed by atoms with E-state index in [0.717, 1.165) is 26.1 Å². The molecule has 1 aliphatic rings. The summed E-state index contributed by atoms with van der Waals surface area (Å²) in [6, 6.07) is 0.683. The Kier molecular flexibility index (Phi) is 4.57. The lowest BCUT2D eigenvalue weighted by Gasteiger charge is -2.21. The summed E-state index contributed by atoms with van der Waals surface area (Å²) in [5.74, 6) is 0. The van der Waals surface area contributed by atoms with E-state index in [-0.39, 0.29) is 0 Å². The van der Waals surface area contributed by atoms with E-state index in [4.69, 9.17) is 0 Å². The van der Waals surface area contributed by atoms with Gasteiger partial charge in [0.15, 0.2) is 0 Å². The maximum absolute atomic E-state index is 4.25. The van der Waals surface area contributed by atoms with Crippen LogP contribution in [0.25, 0.3) is 0 Å². The van der Waals surface area contributed by atoms with Gasteiger partial charge in [-0.25, -0.2) is 4.98 Å². The second-order valence-corrected chi connectivity index (χ2v) is 5.07. The van der Waals surface area contributed by atoms with E-state index >= 15 is 0 Å². The van der Waals surface area contributed by atoms with Crippen molar-refractivity contribution in [1.82, 2.24) is 19.8 Å². The van der Waals surface area contributed by atoms with Gasteiger partial charge in [-0.15, -0.1) is 0 Å². The van der Waals surface area contributed by atoms with Gasteiger partial charge >= 0.3 is 0 Å². The number of likely N-dealkylation sites (N-methyl/N-ethyl adjacent to an activating group) is 1. The Morgan fingerprint density at radius 3 is 3.18 bits per heavy atom. The highest BCUT2D eigenvalue weighted by atomic mass is 15.2. The van der Waals surface area contributed by atoms with Gasteiger partial charge in [-0.05, 0) is 32.9 Å². The molecule has 4 heteroatoms. The predicted molar refractivity (Wildman–Crippen MR) is 69.9 cm³/mol. The minimum absolute atomic E-state index is 0.683. The minimum Gasteiger partial charge on any atom is -0.333 e. The highest BCUT2D eigenvalue weighted by Crippen LogP contribution is 2.09. The number of aryl methyl sites for hydroxylation is 1. The molecule has 1 aromatic heterocycles. The summed E-state index contributed by atoms with van der Waals surface area (Å²) in [7, 11) is 2.20. The van der Waals surface area contributed by atoms with Gasteiger partial charge in [-0.1, -0.05) is 6.92 Å². The number of rotatable bonds is 6. The Morgan fingerprint density at radius 1 is 1.59 bits per heavy atom. The second kappa shape index (κ2) is 6.17. The summed E-state index contributed by atoms with van der Waals surface area (Å²) in [4.78, 5) is 6.64. The van der Waals surface area contributed by atoms with Gasteiger partial charge in [0.1, 0.15) is 0 Å². The smallest absolute Gasteiger partial charge is 0.0948 e. The lowest BCUT2D eigenvalue weighted by Crippen LogP contribution is -2.35. The average Bonchev–Trinajstić information content (AvgIpc) is 2.92. The zero-order valence-electron chi connectivity index (χ0n) is 11.0. The molecule has 1 atom stereocenters. The number of aromatic nitrogens is 2. The first-order valence-electron chi connectivity index (χ1n) is 6.70. The maximum atomic E-state index is 4.25. The fourth-order valence-corrected chi connectivity index (χ4v) is 2.55. The zero-order chi connectivity index (χ0) is 12.1. The fourth-order valence-electron chi connectivity index (χ4n) is 2.55. The minimum atomic E-state index is 0.683. The fraction of sp³-hybridized carbons (Fsp3) is 0.769. The molecule has 17 heavy (non-hydrogen) atoms. The molecule has 1 aromatic rings. The van der Waals surface area contributed by atoms with E-state index < -0.39 is 0 Å². The van der Waals surface area contributed by atoms with Crippen LogP contribution < -0.4 is 5.32 Å². The predicted octanol–water partition coefficient (Wildman–Crippen LogP) is 1.48. The van der Waals surface area contributed by atoms with Crippen molar-refractivity contribution in [3.8, 4) is 0 Å². The molecular formula is C13H24N4. The van der Waals surface area contributed by atoms with Gasteiger partial charge in [0.2, 0.25) is 0 Å². The highest BCUT2D eigenvalue weighted by molar-refractivity contribution is 4.98. The Morgan fingerprint density at radius 2 is 2.47 bits per heavy atom. The van der Waals surface area contributed by atoms with Gasteiger partial charge in [0, 0.05) is 31.9 Å². The monoisotopic (exact) mass is 236 g/mol. The molecular weight excluding hydrogens is 212 g/mol. The number of hydrogen-bond acceptors (Lipinski definition) is 3. The SMILES string of the molecule is CCCn1cncc1CN(C)CC1CCCN1. The normalized spacial score (nSPS) is 20.3. The number of hydrogen-bond donors (Lipinski definition) is 1. The van der Waals surface area contributed by atoms with E-state index in [0.29, 0.717) is 6.04 Å². The molecule has 0 amide bonds. The van der Waals surface area contributed by atoms with Crippen LogP contribution in [0.2, 0.25) is 0 Å². The molecule has 1 N–H and O–H groups in total. The van der Waals surface area contributed by atoms with E-state index in [1.807, 2.05) is 12.5 Å². The van der Waals surface area contributed by atoms with Crippen molar-refractivity contribution < 1.29 is 0 Å². The first-order chi connectivity index (χ1) is 8.29. The lowest BCUT2D eigenvalue weighted by molar-refractivity contribution is 0.286. The maximum Gasteiger partial charge on any atom is 0.0948 e. The van der Waals surface area contributed by atoms with E-state index in [2.05, 4.69) is 33.7 Å². The molecule has 0 aliphatic carbocycles. The first kappa shape index (κ1) is 12.6. The van der Waals surface area contributed by atoms with Crippen molar-refractivity contribution in [2.75, 3.05) is 20.1 Å². The van der Waals surface area contributed by atoms with Crippen molar-refractivity contribution in [2.24, 2.45) is 0 Å². The standard InChI is InChI=1S/C13H24N4/c1-3-7-17-11-14-8-13(17)10-16(2)9-12-5-4-6-15-12/h8,11-12,15H,3-7,9-10H2,1-2H3. The van der Waals surface area contributed by atoms with Crippen LogP contribution in [0.3, 0.4) is 0 Å². The third-order valence-corrected chi connectivity index (χ3v) is 3.39. The van der Waals surface area contributed by atoms with Crippen LogP contribution in [0, 0.1) is 0 Å². The van der Waals surface area contributed by atoms with E-state index in [1.54, 1.807) is 0 Å². The summed E-state index contributed by atoms with van der Waals surface area (Å²) in [6.45, 7) is 6.60. The number of nitrogens with one attached hydrogen (secondary N) is 1. The lowest BCUT2D eigenvalue weighted by atomic mass is 10.2. The van der Waals surface area contributed by atoms with Crippen LogP contribution in [0.4, 0.5) is 0 Å². The topological polar surface area (TPSA) is 33.1 Å². The molecule has 1 fully saturated rings. The number of nitrogens with zero attached hydrogens (tertiary/aromatic N) is 3.